The second-order valence-electron chi connectivity index (χ2n) is 2.42. The molecule has 0 aliphatic rings. The van der Waals surface area contributed by atoms with Gasteiger partial charge in [-0.25, -0.2) is 9.78 Å². The Hall–Kier alpha value is -2.15. The predicted octanol–water partition coefficient (Wildman–Crippen LogP) is 1.14. The summed E-state index contributed by atoms with van der Waals surface area (Å²) in [5, 5.41) is 8.56. The third kappa shape index (κ3) is 2.72. The van der Waals surface area contributed by atoms with E-state index in [1.807, 2.05) is 6.07 Å². The monoisotopic (exact) mass is 188 g/mol. The molecule has 0 fully saturated rings. The summed E-state index contributed by atoms with van der Waals surface area (Å²) in [6.07, 6.45) is 2.75. The van der Waals surface area contributed by atoms with E-state index in [1.165, 1.54) is 19.3 Å². The first-order valence-corrected chi connectivity index (χ1v) is 3.89. The number of nitriles is 1. The fourth-order valence-corrected chi connectivity index (χ4v) is 0.828. The van der Waals surface area contributed by atoms with Crippen LogP contribution in [0.15, 0.2) is 24.3 Å². The maximum absolute atomic E-state index is 10.7. The van der Waals surface area contributed by atoms with Gasteiger partial charge in [-0.15, -0.1) is 0 Å². The zero-order chi connectivity index (χ0) is 10.4. The van der Waals surface area contributed by atoms with Crippen molar-refractivity contribution in [3.8, 4) is 6.07 Å². The number of carbonyl (C=O) groups excluding carboxylic acids is 1. The van der Waals surface area contributed by atoms with Crippen molar-refractivity contribution in [1.82, 2.24) is 4.98 Å². The van der Waals surface area contributed by atoms with Crippen molar-refractivity contribution < 1.29 is 9.53 Å². The van der Waals surface area contributed by atoms with Crippen molar-refractivity contribution in [3.63, 3.8) is 0 Å². The van der Waals surface area contributed by atoms with Crippen LogP contribution in [0.2, 0.25) is 0 Å². The van der Waals surface area contributed by atoms with Gasteiger partial charge in [-0.2, -0.15) is 5.26 Å². The normalized spacial score (nSPS) is 9.71. The lowest BCUT2D eigenvalue weighted by Gasteiger charge is -1.92. The Morgan fingerprint density at radius 2 is 2.43 bits per heavy atom. The summed E-state index contributed by atoms with van der Waals surface area (Å²) in [5.74, 6) is -0.450. The molecule has 0 saturated heterocycles. The number of carbonyl (C=O) groups is 1. The van der Waals surface area contributed by atoms with Crippen LogP contribution in [0.1, 0.15) is 11.4 Å². The van der Waals surface area contributed by atoms with Crippen molar-refractivity contribution in [1.29, 1.82) is 5.26 Å². The van der Waals surface area contributed by atoms with Gasteiger partial charge in [0, 0.05) is 6.08 Å². The van der Waals surface area contributed by atoms with Crippen LogP contribution in [0.5, 0.6) is 0 Å². The first kappa shape index (κ1) is 9.93. The average Bonchev–Trinajstić information content (AvgIpc) is 2.26. The molecule has 1 heterocycles. The summed E-state index contributed by atoms with van der Waals surface area (Å²) < 4.78 is 4.41. The SMILES string of the molecule is COC(=O)C=Cc1cccc(C#N)n1. The Morgan fingerprint density at radius 3 is 3.07 bits per heavy atom. The molecule has 14 heavy (non-hydrogen) atoms. The van der Waals surface area contributed by atoms with Gasteiger partial charge >= 0.3 is 5.97 Å². The van der Waals surface area contributed by atoms with Crippen LogP contribution in [-0.4, -0.2) is 18.1 Å². The van der Waals surface area contributed by atoms with Gasteiger partial charge in [-0.1, -0.05) is 6.07 Å². The van der Waals surface area contributed by atoms with E-state index in [-0.39, 0.29) is 0 Å². The van der Waals surface area contributed by atoms with E-state index in [1.54, 1.807) is 18.2 Å². The van der Waals surface area contributed by atoms with E-state index in [2.05, 4.69) is 9.72 Å². The van der Waals surface area contributed by atoms with E-state index >= 15 is 0 Å². The van der Waals surface area contributed by atoms with Crippen LogP contribution in [0.3, 0.4) is 0 Å². The molecule has 0 amide bonds. The quantitative estimate of drug-likeness (QED) is 0.515. The predicted molar refractivity (Wildman–Crippen MR) is 50.0 cm³/mol. The van der Waals surface area contributed by atoms with E-state index in [0.29, 0.717) is 11.4 Å². The lowest BCUT2D eigenvalue weighted by atomic mass is 10.3. The minimum atomic E-state index is -0.450. The molecule has 1 aromatic heterocycles. The summed E-state index contributed by atoms with van der Waals surface area (Å²) >= 11 is 0. The molecule has 4 heteroatoms. The molecule has 1 aromatic rings. The van der Waals surface area contributed by atoms with E-state index in [9.17, 15) is 4.79 Å². The summed E-state index contributed by atoms with van der Waals surface area (Å²) in [4.78, 5) is 14.7. The van der Waals surface area contributed by atoms with Crippen LogP contribution in [0.4, 0.5) is 0 Å². The molecule has 0 bridgehead atoms. The Morgan fingerprint density at radius 1 is 1.64 bits per heavy atom. The summed E-state index contributed by atoms with van der Waals surface area (Å²) in [6.45, 7) is 0. The van der Waals surface area contributed by atoms with Gasteiger partial charge in [-0.05, 0) is 18.2 Å². The molecule has 0 atom stereocenters. The molecule has 70 valence electrons. The van der Waals surface area contributed by atoms with Gasteiger partial charge in [-0.3, -0.25) is 0 Å². The minimum Gasteiger partial charge on any atom is -0.466 e. The third-order valence-electron chi connectivity index (χ3n) is 1.48. The topological polar surface area (TPSA) is 63.0 Å². The molecule has 0 unspecified atom stereocenters. The first-order chi connectivity index (χ1) is 6.76. The van der Waals surface area contributed by atoms with Crippen LogP contribution < -0.4 is 0 Å². The lowest BCUT2D eigenvalue weighted by Crippen LogP contribution is -1.94. The Labute approximate surface area is 81.5 Å². The second kappa shape index (κ2) is 4.77. The Bertz CT molecular complexity index is 405. The highest BCUT2D eigenvalue weighted by molar-refractivity contribution is 5.86. The fraction of sp³-hybridized carbons (Fsp3) is 0.100. The van der Waals surface area contributed by atoms with Crippen molar-refractivity contribution in [2.45, 2.75) is 0 Å². The fourth-order valence-electron chi connectivity index (χ4n) is 0.828. The highest BCUT2D eigenvalue weighted by Crippen LogP contribution is 2.00. The number of aromatic nitrogens is 1. The van der Waals surface area contributed by atoms with Gasteiger partial charge in [0.15, 0.2) is 0 Å². The van der Waals surface area contributed by atoms with Crippen LogP contribution in [0, 0.1) is 11.3 Å². The Balaban J connectivity index is 2.83. The van der Waals surface area contributed by atoms with Crippen molar-refractivity contribution in [3.05, 3.63) is 35.7 Å². The molecule has 1 rings (SSSR count). The largest absolute Gasteiger partial charge is 0.466 e. The maximum atomic E-state index is 10.7. The number of rotatable bonds is 2. The number of methoxy groups -OCH3 is 1. The average molecular weight is 188 g/mol. The summed E-state index contributed by atoms with van der Waals surface area (Å²) in [5.41, 5.74) is 0.867. The molecule has 0 aromatic carbocycles. The van der Waals surface area contributed by atoms with Crippen LogP contribution in [-0.2, 0) is 9.53 Å². The molecule has 0 aliphatic carbocycles. The summed E-state index contributed by atoms with van der Waals surface area (Å²) in [6, 6.07) is 6.89. The highest BCUT2D eigenvalue weighted by Gasteiger charge is 1.94. The van der Waals surface area contributed by atoms with Gasteiger partial charge < -0.3 is 4.74 Å². The van der Waals surface area contributed by atoms with E-state index in [0.717, 1.165) is 0 Å². The molecular formula is C10H8N2O2. The molecule has 0 aliphatic heterocycles. The van der Waals surface area contributed by atoms with Crippen LogP contribution >= 0.6 is 0 Å². The third-order valence-corrected chi connectivity index (χ3v) is 1.48. The molecule has 4 nitrogen and oxygen atoms in total. The zero-order valence-electron chi connectivity index (χ0n) is 7.60. The van der Waals surface area contributed by atoms with Crippen molar-refractivity contribution in [2.75, 3.05) is 7.11 Å². The van der Waals surface area contributed by atoms with Gasteiger partial charge in [0.2, 0.25) is 0 Å². The van der Waals surface area contributed by atoms with Crippen LogP contribution in [0.25, 0.3) is 6.08 Å². The standard InChI is InChI=1S/C10H8N2O2/c1-14-10(13)6-5-8-3-2-4-9(7-11)12-8/h2-6H,1H3. The van der Waals surface area contributed by atoms with Gasteiger partial charge in [0.05, 0.1) is 12.8 Å². The number of esters is 1. The van der Waals surface area contributed by atoms with Gasteiger partial charge in [0.1, 0.15) is 11.8 Å². The number of nitrogens with zero attached hydrogens (tertiary/aromatic N) is 2. The molecule has 0 spiro atoms. The maximum Gasteiger partial charge on any atom is 0.330 e. The van der Waals surface area contributed by atoms with E-state index < -0.39 is 5.97 Å². The molecule has 0 N–H and O–H groups in total. The highest BCUT2D eigenvalue weighted by atomic mass is 16.5. The smallest absolute Gasteiger partial charge is 0.330 e. The number of ether oxygens (including phenoxy) is 1. The van der Waals surface area contributed by atoms with Gasteiger partial charge in [0.25, 0.3) is 0 Å². The molecular weight excluding hydrogens is 180 g/mol. The number of hydrogen-bond donors (Lipinski definition) is 0. The zero-order valence-corrected chi connectivity index (χ0v) is 7.60. The van der Waals surface area contributed by atoms with Crippen molar-refractivity contribution >= 4 is 12.0 Å². The van der Waals surface area contributed by atoms with Crippen molar-refractivity contribution in [2.24, 2.45) is 0 Å². The minimum absolute atomic E-state index is 0.317. The van der Waals surface area contributed by atoms with E-state index in [4.69, 9.17) is 5.26 Å². The molecule has 0 radical (unpaired) electrons. The lowest BCUT2D eigenvalue weighted by molar-refractivity contribution is -0.134. The number of pyridine rings is 1. The first-order valence-electron chi connectivity index (χ1n) is 3.89. The summed E-state index contributed by atoms with van der Waals surface area (Å²) in [7, 11) is 1.30. The number of hydrogen-bond acceptors (Lipinski definition) is 4. The second-order valence-corrected chi connectivity index (χ2v) is 2.42. The molecule has 0 saturated carbocycles. The Kier molecular flexibility index (Phi) is 3.39.